The average molecular weight is 552 g/mol. The third-order valence-corrected chi connectivity index (χ3v) is 8.15. The van der Waals surface area contributed by atoms with Gasteiger partial charge in [-0.25, -0.2) is 8.42 Å². The van der Waals surface area contributed by atoms with Crippen LogP contribution in [0.3, 0.4) is 0 Å². The highest BCUT2D eigenvalue weighted by molar-refractivity contribution is 7.92. The van der Waals surface area contributed by atoms with Crippen molar-refractivity contribution in [3.8, 4) is 5.75 Å². The summed E-state index contributed by atoms with van der Waals surface area (Å²) in [5.74, 6) is -0.461. The molecule has 0 aliphatic heterocycles. The molecule has 0 aliphatic rings. The molecule has 0 bridgehead atoms. The van der Waals surface area contributed by atoms with Crippen molar-refractivity contribution < 1.29 is 22.7 Å². The van der Waals surface area contributed by atoms with Crippen LogP contribution in [0.25, 0.3) is 0 Å². The Morgan fingerprint density at radius 2 is 1.56 bits per heavy atom. The van der Waals surface area contributed by atoms with Crippen molar-refractivity contribution in [2.75, 3.05) is 24.5 Å². The number of rotatable bonds is 13. The predicted molar refractivity (Wildman–Crippen MR) is 153 cm³/mol. The standard InChI is InChI=1S/C30H37N3O5S/c1-5-20-31-30(35)26(6-2)32(21-24-18-16-23(3)17-19-24)29(34)22-33(27-14-10-11-15-28(27)38-4)39(36,37)25-12-8-7-9-13-25/h7-19,26H,5-6,20-22H2,1-4H3,(H,31,35). The van der Waals surface area contributed by atoms with Gasteiger partial charge in [-0.3, -0.25) is 13.9 Å². The van der Waals surface area contributed by atoms with E-state index in [1.54, 1.807) is 42.5 Å². The van der Waals surface area contributed by atoms with Crippen molar-refractivity contribution in [1.82, 2.24) is 10.2 Å². The van der Waals surface area contributed by atoms with Gasteiger partial charge < -0.3 is 15.0 Å². The molecule has 0 spiro atoms. The summed E-state index contributed by atoms with van der Waals surface area (Å²) in [4.78, 5) is 28.7. The minimum absolute atomic E-state index is 0.0431. The van der Waals surface area contributed by atoms with E-state index in [4.69, 9.17) is 4.74 Å². The topological polar surface area (TPSA) is 96.0 Å². The summed E-state index contributed by atoms with van der Waals surface area (Å²) in [5.41, 5.74) is 2.14. The molecule has 0 radical (unpaired) electrons. The molecule has 0 saturated carbocycles. The number of methoxy groups -OCH3 is 1. The highest BCUT2D eigenvalue weighted by Gasteiger charge is 2.34. The summed E-state index contributed by atoms with van der Waals surface area (Å²) >= 11 is 0. The summed E-state index contributed by atoms with van der Waals surface area (Å²) in [6.07, 6.45) is 1.12. The van der Waals surface area contributed by atoms with Crippen LogP contribution in [0.15, 0.2) is 83.8 Å². The number of aryl methyl sites for hydroxylation is 1. The Balaban J connectivity index is 2.07. The van der Waals surface area contributed by atoms with Gasteiger partial charge >= 0.3 is 0 Å². The van der Waals surface area contributed by atoms with E-state index < -0.39 is 28.5 Å². The fourth-order valence-corrected chi connectivity index (χ4v) is 5.69. The zero-order valence-corrected chi connectivity index (χ0v) is 23.8. The zero-order valence-electron chi connectivity index (χ0n) is 23.0. The largest absolute Gasteiger partial charge is 0.495 e. The first-order valence-electron chi connectivity index (χ1n) is 13.1. The van der Waals surface area contributed by atoms with Gasteiger partial charge in [0.15, 0.2) is 0 Å². The van der Waals surface area contributed by atoms with E-state index >= 15 is 0 Å². The third kappa shape index (κ3) is 7.38. The number of nitrogens with zero attached hydrogens (tertiary/aromatic N) is 2. The van der Waals surface area contributed by atoms with E-state index in [0.29, 0.717) is 18.7 Å². The van der Waals surface area contributed by atoms with Crippen LogP contribution in [0.5, 0.6) is 5.75 Å². The van der Waals surface area contributed by atoms with Crippen LogP contribution in [0.4, 0.5) is 5.69 Å². The summed E-state index contributed by atoms with van der Waals surface area (Å²) in [6.45, 7) is 5.89. The van der Waals surface area contributed by atoms with Crippen molar-refractivity contribution in [1.29, 1.82) is 0 Å². The average Bonchev–Trinajstić information content (AvgIpc) is 2.95. The Kier molecular flexibility index (Phi) is 10.5. The van der Waals surface area contributed by atoms with Crippen LogP contribution < -0.4 is 14.4 Å². The first-order chi connectivity index (χ1) is 18.7. The van der Waals surface area contributed by atoms with Gasteiger partial charge in [0.05, 0.1) is 17.7 Å². The fourth-order valence-electron chi connectivity index (χ4n) is 4.24. The second-order valence-corrected chi connectivity index (χ2v) is 11.1. The Morgan fingerprint density at radius 1 is 0.923 bits per heavy atom. The molecule has 208 valence electrons. The van der Waals surface area contributed by atoms with Crippen molar-refractivity contribution >= 4 is 27.5 Å². The number of amides is 2. The second kappa shape index (κ2) is 13.8. The van der Waals surface area contributed by atoms with E-state index in [1.165, 1.54) is 24.1 Å². The molecule has 0 fully saturated rings. The zero-order chi connectivity index (χ0) is 28.4. The van der Waals surface area contributed by atoms with Crippen molar-refractivity contribution in [2.24, 2.45) is 0 Å². The molecule has 0 aliphatic carbocycles. The maximum absolute atomic E-state index is 14.1. The molecule has 3 aromatic carbocycles. The quantitative estimate of drug-likeness (QED) is 0.337. The molecule has 8 nitrogen and oxygen atoms in total. The van der Waals surface area contributed by atoms with Crippen LogP contribution in [-0.2, 0) is 26.2 Å². The van der Waals surface area contributed by atoms with E-state index in [9.17, 15) is 18.0 Å². The number of carbonyl (C=O) groups excluding carboxylic acids is 2. The first kappa shape index (κ1) is 29.7. The Hall–Kier alpha value is -3.85. The predicted octanol–water partition coefficient (Wildman–Crippen LogP) is 4.53. The molecular formula is C30H37N3O5S. The molecule has 0 saturated heterocycles. The van der Waals surface area contributed by atoms with Crippen LogP contribution in [0.2, 0.25) is 0 Å². The number of carbonyl (C=O) groups is 2. The number of benzene rings is 3. The summed E-state index contributed by atoms with van der Waals surface area (Å²) < 4.78 is 34.3. The molecule has 2 amide bonds. The third-order valence-electron chi connectivity index (χ3n) is 6.37. The number of anilines is 1. The van der Waals surface area contributed by atoms with Gasteiger partial charge in [0.1, 0.15) is 18.3 Å². The van der Waals surface area contributed by atoms with Gasteiger partial charge in [0, 0.05) is 13.1 Å². The highest BCUT2D eigenvalue weighted by Crippen LogP contribution is 2.32. The van der Waals surface area contributed by atoms with Gasteiger partial charge in [-0.15, -0.1) is 0 Å². The van der Waals surface area contributed by atoms with Gasteiger partial charge in [0.2, 0.25) is 11.8 Å². The lowest BCUT2D eigenvalue weighted by molar-refractivity contribution is -0.140. The monoisotopic (exact) mass is 551 g/mol. The van der Waals surface area contributed by atoms with E-state index in [2.05, 4.69) is 5.32 Å². The summed E-state index contributed by atoms with van der Waals surface area (Å²) in [5, 5.41) is 2.89. The number of hydrogen-bond donors (Lipinski definition) is 1. The maximum Gasteiger partial charge on any atom is 0.264 e. The number of nitrogens with one attached hydrogen (secondary N) is 1. The number of sulfonamides is 1. The Morgan fingerprint density at radius 3 is 2.18 bits per heavy atom. The van der Waals surface area contributed by atoms with Crippen molar-refractivity contribution in [3.05, 3.63) is 90.0 Å². The molecule has 3 aromatic rings. The van der Waals surface area contributed by atoms with Gasteiger partial charge in [-0.05, 0) is 49.6 Å². The molecule has 3 rings (SSSR count). The highest BCUT2D eigenvalue weighted by atomic mass is 32.2. The van der Waals surface area contributed by atoms with E-state index in [0.717, 1.165) is 21.9 Å². The number of hydrogen-bond acceptors (Lipinski definition) is 5. The molecule has 0 aromatic heterocycles. The van der Waals surface area contributed by atoms with Gasteiger partial charge in [-0.1, -0.05) is 74.0 Å². The smallest absolute Gasteiger partial charge is 0.264 e. The lowest BCUT2D eigenvalue weighted by atomic mass is 10.1. The van der Waals surface area contributed by atoms with Crippen LogP contribution >= 0.6 is 0 Å². The van der Waals surface area contributed by atoms with Crippen LogP contribution in [0.1, 0.15) is 37.8 Å². The van der Waals surface area contributed by atoms with Crippen molar-refractivity contribution in [3.63, 3.8) is 0 Å². The minimum Gasteiger partial charge on any atom is -0.495 e. The first-order valence-corrected chi connectivity index (χ1v) is 14.5. The molecule has 9 heteroatoms. The summed E-state index contributed by atoms with van der Waals surface area (Å²) in [6, 6.07) is 21.5. The second-order valence-electron chi connectivity index (χ2n) is 9.22. The van der Waals surface area contributed by atoms with Gasteiger partial charge in [0.25, 0.3) is 10.0 Å². The molecule has 0 heterocycles. The molecule has 1 atom stereocenters. The Labute approximate surface area is 231 Å². The molecule has 1 N–H and O–H groups in total. The van der Waals surface area contributed by atoms with Crippen LogP contribution in [0, 0.1) is 6.92 Å². The number of ether oxygens (including phenoxy) is 1. The normalized spacial score (nSPS) is 11.9. The number of para-hydroxylation sites is 2. The molecule has 1 unspecified atom stereocenters. The van der Waals surface area contributed by atoms with Crippen molar-refractivity contribution in [2.45, 2.75) is 51.1 Å². The van der Waals surface area contributed by atoms with Gasteiger partial charge in [-0.2, -0.15) is 0 Å². The lowest BCUT2D eigenvalue weighted by Gasteiger charge is -2.33. The van der Waals surface area contributed by atoms with E-state index in [-0.39, 0.29) is 23.0 Å². The van der Waals surface area contributed by atoms with Crippen LogP contribution in [-0.4, -0.2) is 51.4 Å². The maximum atomic E-state index is 14.1. The Bertz CT molecular complexity index is 1340. The molecule has 39 heavy (non-hydrogen) atoms. The molecular weight excluding hydrogens is 514 g/mol. The summed E-state index contributed by atoms with van der Waals surface area (Å²) in [7, 11) is -2.71. The SMILES string of the molecule is CCCNC(=O)C(CC)N(Cc1ccc(C)cc1)C(=O)CN(c1ccccc1OC)S(=O)(=O)c1ccccc1. The minimum atomic E-state index is -4.16. The fraction of sp³-hybridized carbons (Fsp3) is 0.333. The lowest BCUT2D eigenvalue weighted by Crippen LogP contribution is -2.52. The van der Waals surface area contributed by atoms with E-state index in [1.807, 2.05) is 45.0 Å².